The standard InChI is InChI=1S/C11H12N4O5S/c1-18-9(16)5-15-11(12-13-14-15)21-6-8-7(3-4-20-8)10(17)19-2/h3-4H,5-6H2,1-2H3. The molecule has 0 spiro atoms. The van der Waals surface area contributed by atoms with E-state index in [1.807, 2.05) is 0 Å². The van der Waals surface area contributed by atoms with Crippen molar-refractivity contribution >= 4 is 23.7 Å². The van der Waals surface area contributed by atoms with Crippen LogP contribution in [0.3, 0.4) is 0 Å². The van der Waals surface area contributed by atoms with Crippen LogP contribution >= 0.6 is 11.8 Å². The van der Waals surface area contributed by atoms with Crippen molar-refractivity contribution in [2.24, 2.45) is 0 Å². The van der Waals surface area contributed by atoms with E-state index in [9.17, 15) is 9.59 Å². The number of furan rings is 1. The summed E-state index contributed by atoms with van der Waals surface area (Å²) < 4.78 is 15.7. The second kappa shape index (κ2) is 6.88. The molecule has 0 N–H and O–H groups in total. The molecule has 10 heteroatoms. The Balaban J connectivity index is 2.04. The van der Waals surface area contributed by atoms with Gasteiger partial charge in [0.25, 0.3) is 0 Å². The number of hydrogen-bond donors (Lipinski definition) is 0. The number of carbonyl (C=O) groups is 2. The van der Waals surface area contributed by atoms with E-state index in [1.54, 1.807) is 0 Å². The predicted molar refractivity (Wildman–Crippen MR) is 69.4 cm³/mol. The molecule has 0 bridgehead atoms. The van der Waals surface area contributed by atoms with Crippen LogP contribution in [0.15, 0.2) is 21.9 Å². The van der Waals surface area contributed by atoms with Crippen molar-refractivity contribution in [2.45, 2.75) is 17.5 Å². The van der Waals surface area contributed by atoms with E-state index < -0.39 is 11.9 Å². The Morgan fingerprint density at radius 2 is 2.19 bits per heavy atom. The SMILES string of the molecule is COC(=O)Cn1nnnc1SCc1occc1C(=O)OC. The highest BCUT2D eigenvalue weighted by atomic mass is 32.2. The number of esters is 2. The first kappa shape index (κ1) is 15.0. The quantitative estimate of drug-likeness (QED) is 0.556. The van der Waals surface area contributed by atoms with Gasteiger partial charge in [-0.05, 0) is 16.5 Å². The van der Waals surface area contributed by atoms with Crippen LogP contribution in [0.5, 0.6) is 0 Å². The molecule has 0 fully saturated rings. The second-order valence-corrected chi connectivity index (χ2v) is 4.68. The number of aromatic nitrogens is 4. The molecular formula is C11H12N4O5S. The Morgan fingerprint density at radius 3 is 2.90 bits per heavy atom. The summed E-state index contributed by atoms with van der Waals surface area (Å²) in [5.41, 5.74) is 0.344. The van der Waals surface area contributed by atoms with E-state index in [0.717, 1.165) is 0 Å². The van der Waals surface area contributed by atoms with Gasteiger partial charge in [-0.15, -0.1) is 5.10 Å². The average Bonchev–Trinajstić information content (AvgIpc) is 3.13. The fraction of sp³-hybridized carbons (Fsp3) is 0.364. The van der Waals surface area contributed by atoms with Crippen LogP contribution in [0, 0.1) is 0 Å². The van der Waals surface area contributed by atoms with Crippen molar-refractivity contribution < 1.29 is 23.5 Å². The average molecular weight is 312 g/mol. The number of methoxy groups -OCH3 is 2. The minimum atomic E-state index is -0.478. The van der Waals surface area contributed by atoms with Gasteiger partial charge in [0.15, 0.2) is 0 Å². The van der Waals surface area contributed by atoms with Crippen LogP contribution in [-0.2, 0) is 26.6 Å². The molecule has 21 heavy (non-hydrogen) atoms. The van der Waals surface area contributed by atoms with Crippen LogP contribution in [0.25, 0.3) is 0 Å². The Kier molecular flexibility index (Phi) is 4.93. The maximum Gasteiger partial charge on any atom is 0.341 e. The molecule has 0 radical (unpaired) electrons. The Hall–Kier alpha value is -2.36. The van der Waals surface area contributed by atoms with Crippen molar-refractivity contribution in [1.82, 2.24) is 20.2 Å². The number of tetrazole rings is 1. The molecular weight excluding hydrogens is 300 g/mol. The summed E-state index contributed by atoms with van der Waals surface area (Å²) in [4.78, 5) is 22.7. The smallest absolute Gasteiger partial charge is 0.341 e. The molecule has 2 heterocycles. The minimum absolute atomic E-state index is 0.0894. The second-order valence-electron chi connectivity index (χ2n) is 3.73. The Morgan fingerprint density at radius 1 is 1.38 bits per heavy atom. The van der Waals surface area contributed by atoms with Crippen LogP contribution in [0.4, 0.5) is 0 Å². The monoisotopic (exact) mass is 312 g/mol. The van der Waals surface area contributed by atoms with E-state index in [2.05, 4.69) is 25.0 Å². The molecule has 0 aliphatic carbocycles. The van der Waals surface area contributed by atoms with Gasteiger partial charge in [-0.1, -0.05) is 11.8 Å². The van der Waals surface area contributed by atoms with Crippen molar-refractivity contribution in [3.05, 3.63) is 23.7 Å². The largest absolute Gasteiger partial charge is 0.468 e. The third kappa shape index (κ3) is 3.60. The fourth-order valence-electron chi connectivity index (χ4n) is 1.46. The Bertz CT molecular complexity index is 638. The maximum atomic E-state index is 11.5. The van der Waals surface area contributed by atoms with Gasteiger partial charge >= 0.3 is 11.9 Å². The summed E-state index contributed by atoms with van der Waals surface area (Å²) >= 11 is 1.22. The van der Waals surface area contributed by atoms with Gasteiger partial charge in [-0.3, -0.25) is 4.79 Å². The summed E-state index contributed by atoms with van der Waals surface area (Å²) in [5, 5.41) is 11.4. The summed E-state index contributed by atoms with van der Waals surface area (Å²) in [6.07, 6.45) is 1.40. The highest BCUT2D eigenvalue weighted by Gasteiger charge is 2.17. The zero-order valence-electron chi connectivity index (χ0n) is 11.3. The van der Waals surface area contributed by atoms with Crippen LogP contribution < -0.4 is 0 Å². The fourth-order valence-corrected chi connectivity index (χ4v) is 2.29. The summed E-state index contributed by atoms with van der Waals surface area (Å²) in [5.74, 6) is -0.177. The molecule has 2 aromatic rings. The van der Waals surface area contributed by atoms with Gasteiger partial charge in [0.05, 0.1) is 26.2 Å². The third-order valence-corrected chi connectivity index (χ3v) is 3.45. The van der Waals surface area contributed by atoms with E-state index in [-0.39, 0.29) is 6.54 Å². The molecule has 112 valence electrons. The van der Waals surface area contributed by atoms with E-state index in [1.165, 1.54) is 43.0 Å². The highest BCUT2D eigenvalue weighted by Crippen LogP contribution is 2.23. The van der Waals surface area contributed by atoms with Crippen molar-refractivity contribution in [3.63, 3.8) is 0 Å². The first-order valence-corrected chi connectivity index (χ1v) is 6.74. The summed E-state index contributed by atoms with van der Waals surface area (Å²) in [6.45, 7) is -0.0894. The molecule has 2 aromatic heterocycles. The van der Waals surface area contributed by atoms with Crippen LogP contribution in [0.2, 0.25) is 0 Å². The van der Waals surface area contributed by atoms with Gasteiger partial charge in [-0.2, -0.15) is 0 Å². The van der Waals surface area contributed by atoms with E-state index in [0.29, 0.717) is 22.2 Å². The van der Waals surface area contributed by atoms with Gasteiger partial charge in [0.2, 0.25) is 5.16 Å². The van der Waals surface area contributed by atoms with Gasteiger partial charge in [-0.25, -0.2) is 9.48 Å². The molecule has 2 rings (SSSR count). The van der Waals surface area contributed by atoms with Gasteiger partial charge in [0.1, 0.15) is 17.9 Å². The van der Waals surface area contributed by atoms with Crippen molar-refractivity contribution in [3.8, 4) is 0 Å². The Labute approximate surface area is 123 Å². The number of rotatable bonds is 6. The molecule has 0 saturated heterocycles. The number of hydrogen-bond acceptors (Lipinski definition) is 9. The zero-order chi connectivity index (χ0) is 15.2. The third-order valence-electron chi connectivity index (χ3n) is 2.49. The molecule has 0 aliphatic rings. The predicted octanol–water partition coefficient (Wildman–Crippen LogP) is 0.518. The van der Waals surface area contributed by atoms with Crippen molar-refractivity contribution in [2.75, 3.05) is 14.2 Å². The van der Waals surface area contributed by atoms with Crippen LogP contribution in [0.1, 0.15) is 16.1 Å². The zero-order valence-corrected chi connectivity index (χ0v) is 12.1. The molecule has 0 atom stereocenters. The van der Waals surface area contributed by atoms with Crippen LogP contribution in [-0.4, -0.2) is 46.4 Å². The highest BCUT2D eigenvalue weighted by molar-refractivity contribution is 7.98. The molecule has 0 aliphatic heterocycles. The lowest BCUT2D eigenvalue weighted by molar-refractivity contribution is -0.141. The molecule has 9 nitrogen and oxygen atoms in total. The van der Waals surface area contributed by atoms with Gasteiger partial charge < -0.3 is 13.9 Å². The first-order valence-electron chi connectivity index (χ1n) is 5.76. The molecule has 0 unspecified atom stereocenters. The minimum Gasteiger partial charge on any atom is -0.468 e. The first-order chi connectivity index (χ1) is 10.2. The lowest BCUT2D eigenvalue weighted by Crippen LogP contribution is -2.13. The molecule has 0 saturated carbocycles. The number of carbonyl (C=O) groups excluding carboxylic acids is 2. The molecule has 0 amide bonds. The normalized spacial score (nSPS) is 10.4. The van der Waals surface area contributed by atoms with E-state index >= 15 is 0 Å². The molecule has 0 aromatic carbocycles. The maximum absolute atomic E-state index is 11.5. The number of nitrogens with zero attached hydrogens (tertiary/aromatic N) is 4. The van der Waals surface area contributed by atoms with Crippen molar-refractivity contribution in [1.29, 1.82) is 0 Å². The summed E-state index contributed by atoms with van der Waals surface area (Å²) in [7, 11) is 2.58. The number of thioether (sulfide) groups is 1. The lowest BCUT2D eigenvalue weighted by atomic mass is 10.3. The summed E-state index contributed by atoms with van der Waals surface area (Å²) in [6, 6.07) is 1.53. The topological polar surface area (TPSA) is 109 Å². The number of ether oxygens (including phenoxy) is 2. The van der Waals surface area contributed by atoms with E-state index in [4.69, 9.17) is 4.42 Å². The lowest BCUT2D eigenvalue weighted by Gasteiger charge is -2.03. The van der Waals surface area contributed by atoms with Gasteiger partial charge in [0, 0.05) is 0 Å².